The minimum atomic E-state index is -1.51. The summed E-state index contributed by atoms with van der Waals surface area (Å²) < 4.78 is 21.9. The van der Waals surface area contributed by atoms with E-state index in [1.807, 2.05) is 19.1 Å². The molecule has 1 saturated heterocycles. The zero-order valence-electron chi connectivity index (χ0n) is 18.7. The van der Waals surface area contributed by atoms with E-state index in [2.05, 4.69) is 24.3 Å². The molecule has 1 aromatic heterocycles. The fourth-order valence-electron chi connectivity index (χ4n) is 4.65. The molecule has 0 bridgehead atoms. The lowest BCUT2D eigenvalue weighted by Crippen LogP contribution is -2.56. The molecule has 4 N–H and O–H groups in total. The third kappa shape index (κ3) is 4.00. The van der Waals surface area contributed by atoms with E-state index < -0.39 is 37.3 Å². The summed E-state index contributed by atoms with van der Waals surface area (Å²) >= 11 is 1.46. The topological polar surface area (TPSA) is 95.1 Å². The lowest BCUT2D eigenvalue weighted by Gasteiger charge is -2.40. The van der Waals surface area contributed by atoms with Gasteiger partial charge in [-0.05, 0) is 54.4 Å². The molecule has 34 heavy (non-hydrogen) atoms. The molecular weight excluding hydrogens is 457 g/mol. The van der Waals surface area contributed by atoms with Crippen molar-refractivity contribution in [2.45, 2.75) is 54.3 Å². The van der Waals surface area contributed by atoms with Crippen molar-refractivity contribution in [2.75, 3.05) is 6.61 Å². The molecule has 8 heteroatoms. The molecule has 4 aromatic rings. The largest absolute Gasteiger partial charge is 0.394 e. The van der Waals surface area contributed by atoms with Crippen LogP contribution in [-0.2, 0) is 4.74 Å². The fraction of sp³-hybridized carbons (Fsp3) is 0.308. The van der Waals surface area contributed by atoms with Gasteiger partial charge in [0.2, 0.25) is 0 Å². The maximum absolute atomic E-state index is 14.4. The van der Waals surface area contributed by atoms with E-state index in [9.17, 15) is 24.8 Å². The molecule has 2 heterocycles. The van der Waals surface area contributed by atoms with Crippen molar-refractivity contribution in [2.24, 2.45) is 0 Å². The van der Waals surface area contributed by atoms with Crippen LogP contribution in [0.5, 0.6) is 0 Å². The standard InChI is InChI=1S/C26H26FNO5S/c1-13-3-4-16-9-18(6-5-15(16)7-13)34-21-11-28(22-14(2)8-17(27)10-19(21)22)26-25(32)24(31)23(30)20(12-29)33-26/h3-11,20,23-26,29-32H,12H2,1-2H3/t20-,23-,24+,25-,26-/m1/s1. The van der Waals surface area contributed by atoms with Gasteiger partial charge in [-0.15, -0.1) is 0 Å². The third-order valence-corrected chi connectivity index (χ3v) is 7.42. The Morgan fingerprint density at radius 1 is 0.941 bits per heavy atom. The number of halogens is 1. The highest BCUT2D eigenvalue weighted by Crippen LogP contribution is 2.41. The third-order valence-electron chi connectivity index (χ3n) is 6.38. The first-order valence-electron chi connectivity index (χ1n) is 11.1. The predicted molar refractivity (Wildman–Crippen MR) is 128 cm³/mol. The van der Waals surface area contributed by atoms with Gasteiger partial charge in [0.25, 0.3) is 0 Å². The van der Waals surface area contributed by atoms with Crippen LogP contribution in [0.3, 0.4) is 0 Å². The first kappa shape index (κ1) is 23.3. The molecule has 1 fully saturated rings. The normalized spacial score (nSPS) is 25.3. The molecule has 1 aliphatic rings. The number of aryl methyl sites for hydroxylation is 2. The van der Waals surface area contributed by atoms with Crippen molar-refractivity contribution in [3.05, 3.63) is 71.7 Å². The molecule has 0 spiro atoms. The van der Waals surface area contributed by atoms with E-state index in [0.717, 1.165) is 20.6 Å². The van der Waals surface area contributed by atoms with Gasteiger partial charge >= 0.3 is 0 Å². The Morgan fingerprint density at radius 3 is 2.44 bits per heavy atom. The van der Waals surface area contributed by atoms with Gasteiger partial charge in [0.1, 0.15) is 30.2 Å². The van der Waals surface area contributed by atoms with E-state index in [1.54, 1.807) is 17.7 Å². The molecule has 1 aliphatic heterocycles. The molecule has 178 valence electrons. The highest BCUT2D eigenvalue weighted by Gasteiger charge is 2.44. The number of hydrogen-bond donors (Lipinski definition) is 4. The SMILES string of the molecule is Cc1ccc2cc(Sc3cn([C@@H]4O[C@H](CO)[C@@H](O)[C@H](O)[C@H]4O)c4c(C)cc(F)cc34)ccc2c1. The van der Waals surface area contributed by atoms with E-state index in [-0.39, 0.29) is 5.82 Å². The number of benzene rings is 3. The highest BCUT2D eigenvalue weighted by atomic mass is 32.2. The van der Waals surface area contributed by atoms with E-state index >= 15 is 0 Å². The summed E-state index contributed by atoms with van der Waals surface area (Å²) in [6, 6.07) is 15.2. The molecule has 5 atom stereocenters. The second-order valence-corrected chi connectivity index (χ2v) is 9.97. The number of hydrogen-bond acceptors (Lipinski definition) is 6. The lowest BCUT2D eigenvalue weighted by atomic mass is 9.98. The first-order valence-corrected chi connectivity index (χ1v) is 11.9. The molecule has 0 saturated carbocycles. The lowest BCUT2D eigenvalue weighted by molar-refractivity contribution is -0.250. The van der Waals surface area contributed by atoms with Gasteiger partial charge in [-0.3, -0.25) is 0 Å². The number of nitrogens with zero attached hydrogens (tertiary/aromatic N) is 1. The Morgan fingerprint density at radius 2 is 1.68 bits per heavy atom. The molecule has 6 nitrogen and oxygen atoms in total. The first-order chi connectivity index (χ1) is 16.3. The van der Waals surface area contributed by atoms with Gasteiger partial charge < -0.3 is 29.7 Å². The Kier molecular flexibility index (Phi) is 6.14. The second-order valence-electron chi connectivity index (χ2n) is 8.85. The molecule has 0 radical (unpaired) electrons. The zero-order valence-corrected chi connectivity index (χ0v) is 19.5. The molecule has 0 unspecified atom stereocenters. The Labute approximate surface area is 200 Å². The van der Waals surface area contributed by atoms with Crippen molar-refractivity contribution in [3.8, 4) is 0 Å². The van der Waals surface area contributed by atoms with Crippen LogP contribution in [0.1, 0.15) is 17.4 Å². The summed E-state index contributed by atoms with van der Waals surface area (Å²) in [5.74, 6) is -0.382. The minimum absolute atomic E-state index is 0.382. The number of ether oxygens (including phenoxy) is 1. The number of fused-ring (bicyclic) bond motifs is 2. The second kappa shape index (κ2) is 8.96. The van der Waals surface area contributed by atoms with Crippen molar-refractivity contribution >= 4 is 33.4 Å². The maximum atomic E-state index is 14.4. The predicted octanol–water partition coefficient (Wildman–Crippen LogP) is 3.67. The number of rotatable bonds is 4. The quantitative estimate of drug-likeness (QED) is 0.354. The molecule has 3 aromatic carbocycles. The van der Waals surface area contributed by atoms with Crippen LogP contribution in [0.25, 0.3) is 21.7 Å². The Hall–Kier alpha value is -2.46. The smallest absolute Gasteiger partial charge is 0.163 e. The van der Waals surface area contributed by atoms with Gasteiger partial charge in [-0.1, -0.05) is 41.6 Å². The van der Waals surface area contributed by atoms with Crippen molar-refractivity contribution < 1.29 is 29.6 Å². The van der Waals surface area contributed by atoms with Crippen molar-refractivity contribution in [3.63, 3.8) is 0 Å². The Balaban J connectivity index is 1.60. The average molecular weight is 484 g/mol. The van der Waals surface area contributed by atoms with Crippen LogP contribution < -0.4 is 0 Å². The van der Waals surface area contributed by atoms with Gasteiger partial charge in [0.05, 0.1) is 12.1 Å². The van der Waals surface area contributed by atoms with Gasteiger partial charge in [-0.25, -0.2) is 4.39 Å². The average Bonchev–Trinajstić information content (AvgIpc) is 3.16. The minimum Gasteiger partial charge on any atom is -0.394 e. The van der Waals surface area contributed by atoms with Gasteiger partial charge in [0.15, 0.2) is 6.23 Å². The Bertz CT molecular complexity index is 1370. The summed E-state index contributed by atoms with van der Waals surface area (Å²) in [5.41, 5.74) is 2.46. The number of aromatic nitrogens is 1. The van der Waals surface area contributed by atoms with Crippen molar-refractivity contribution in [1.29, 1.82) is 0 Å². The van der Waals surface area contributed by atoms with Crippen LogP contribution in [0.15, 0.2) is 64.5 Å². The van der Waals surface area contributed by atoms with Crippen LogP contribution in [0.4, 0.5) is 4.39 Å². The number of aliphatic hydroxyl groups excluding tert-OH is 4. The van der Waals surface area contributed by atoms with Crippen LogP contribution in [-0.4, -0.2) is 56.0 Å². The monoisotopic (exact) mass is 483 g/mol. The zero-order chi connectivity index (χ0) is 24.1. The number of aliphatic hydroxyl groups is 4. The van der Waals surface area contributed by atoms with E-state index in [4.69, 9.17) is 4.74 Å². The molecule has 0 amide bonds. The molecule has 0 aliphatic carbocycles. The van der Waals surface area contributed by atoms with Crippen molar-refractivity contribution in [1.82, 2.24) is 4.57 Å². The maximum Gasteiger partial charge on any atom is 0.163 e. The van der Waals surface area contributed by atoms with Gasteiger partial charge in [0, 0.05) is 21.4 Å². The van der Waals surface area contributed by atoms with Crippen LogP contribution >= 0.6 is 11.8 Å². The summed E-state index contributed by atoms with van der Waals surface area (Å²) in [6.45, 7) is 3.29. The summed E-state index contributed by atoms with van der Waals surface area (Å²) in [5, 5.41) is 43.6. The van der Waals surface area contributed by atoms with Crippen LogP contribution in [0, 0.1) is 19.7 Å². The highest BCUT2D eigenvalue weighted by molar-refractivity contribution is 7.99. The fourth-order valence-corrected chi connectivity index (χ4v) is 5.66. The summed E-state index contributed by atoms with van der Waals surface area (Å²) in [4.78, 5) is 1.71. The summed E-state index contributed by atoms with van der Waals surface area (Å²) in [7, 11) is 0. The van der Waals surface area contributed by atoms with E-state index in [0.29, 0.717) is 16.5 Å². The van der Waals surface area contributed by atoms with Gasteiger partial charge in [-0.2, -0.15) is 0 Å². The molecular formula is C26H26FNO5S. The van der Waals surface area contributed by atoms with Crippen LogP contribution in [0.2, 0.25) is 0 Å². The van der Waals surface area contributed by atoms with E-state index in [1.165, 1.54) is 29.5 Å². The molecule has 5 rings (SSSR count). The summed E-state index contributed by atoms with van der Waals surface area (Å²) in [6.07, 6.45) is -4.76.